The third kappa shape index (κ3) is 4.81. The minimum absolute atomic E-state index is 0. The Kier molecular flexibility index (Phi) is 8.69. The molecule has 0 heterocycles. The first-order valence-electron chi connectivity index (χ1n) is 14.1. The van der Waals surface area contributed by atoms with E-state index in [-0.39, 0.29) is 30.7 Å². The van der Waals surface area contributed by atoms with Crippen LogP contribution in [0.15, 0.2) is 109 Å². The molecule has 1 atom stereocenters. The number of rotatable bonds is 3. The van der Waals surface area contributed by atoms with Gasteiger partial charge in [0.2, 0.25) is 0 Å². The summed E-state index contributed by atoms with van der Waals surface area (Å²) in [5.74, 6) is 0.238. The Hall–Kier alpha value is -2.96. The van der Waals surface area contributed by atoms with Crippen molar-refractivity contribution in [1.82, 2.24) is 0 Å². The van der Waals surface area contributed by atoms with Crippen LogP contribution in [0.25, 0.3) is 25.6 Å². The van der Waals surface area contributed by atoms with E-state index in [0.29, 0.717) is 0 Å². The van der Waals surface area contributed by atoms with Crippen molar-refractivity contribution < 1.29 is 49.5 Å². The number of aryl methyl sites for hydroxylation is 2. The molecule has 5 aromatic rings. The molecule has 5 aromatic carbocycles. The van der Waals surface area contributed by atoms with Crippen molar-refractivity contribution in [3.8, 4) is 11.1 Å². The first kappa shape index (κ1) is 30.5. The molecule has 0 amide bonds. The van der Waals surface area contributed by atoms with Gasteiger partial charge in [-0.3, -0.25) is 0 Å². The van der Waals surface area contributed by atoms with Crippen molar-refractivity contribution in [2.24, 2.45) is 0 Å². The summed E-state index contributed by atoms with van der Waals surface area (Å²) in [5.41, 5.74) is 17.8. The van der Waals surface area contributed by atoms with Crippen LogP contribution in [0.1, 0.15) is 62.9 Å². The van der Waals surface area contributed by atoms with Crippen LogP contribution in [0.3, 0.4) is 0 Å². The molecule has 0 fully saturated rings. The van der Waals surface area contributed by atoms with Crippen LogP contribution in [-0.2, 0) is 24.7 Å². The number of halogens is 2. The molecule has 0 bridgehead atoms. The summed E-state index contributed by atoms with van der Waals surface area (Å²) >= 11 is 1.47. The standard InChI is InChI=1S/C39H31.2ClH.Zr/c1-24-18-19-31-30(20-24)22-36-34(31)23-33(39(28-13-7-5-8-14-28)29-15-9-6-10-16-29)27(4)38(36)35-21-26(3)37-25(2)12-11-17-32(35)37;;;/h5-21,23,35H,1-4H3;2*1H;/q;;;+2/p-2. The Labute approximate surface area is 276 Å². The second-order valence-electron chi connectivity index (χ2n) is 11.3. The molecule has 7 rings (SSSR count). The molecule has 2 aliphatic rings. The zero-order chi connectivity index (χ0) is 27.5. The van der Waals surface area contributed by atoms with Gasteiger partial charge in [-0.15, -0.1) is 0 Å². The number of hydrogen-bond donors (Lipinski definition) is 0. The molecule has 0 saturated heterocycles. The second kappa shape index (κ2) is 12.0. The minimum Gasteiger partial charge on any atom is -1.00 e. The second-order valence-corrected chi connectivity index (χ2v) is 12.5. The van der Waals surface area contributed by atoms with Crippen molar-refractivity contribution in [3.05, 3.63) is 170 Å². The molecule has 0 radical (unpaired) electrons. The summed E-state index contributed by atoms with van der Waals surface area (Å²) in [7, 11) is 0. The normalized spacial score (nSPS) is 14.3. The number of allylic oxidation sites excluding steroid dienone is 2. The SMILES string of the molecule is CC1=CC(c2c(C)c(=C(c3ccccc3)c3ccccc3)cc3c2=[C]([Zr+2])c2cc(C)ccc2-3)c2cccc(C)c21.[Cl-].[Cl-]. The van der Waals surface area contributed by atoms with E-state index < -0.39 is 0 Å². The fourth-order valence-corrected chi connectivity index (χ4v) is 8.18. The average Bonchev–Trinajstić information content (AvgIpc) is 3.44. The number of fused-ring (bicyclic) bond motifs is 4. The van der Waals surface area contributed by atoms with Gasteiger partial charge < -0.3 is 24.8 Å². The van der Waals surface area contributed by atoms with Crippen molar-refractivity contribution in [2.45, 2.75) is 33.6 Å². The van der Waals surface area contributed by atoms with Crippen LogP contribution in [0.5, 0.6) is 0 Å². The van der Waals surface area contributed by atoms with E-state index in [4.69, 9.17) is 0 Å². The molecule has 0 aromatic heterocycles. The van der Waals surface area contributed by atoms with E-state index in [2.05, 4.69) is 137 Å². The van der Waals surface area contributed by atoms with Gasteiger partial charge in [0, 0.05) is 0 Å². The molecule has 0 N–H and O–H groups in total. The fraction of sp³-hybridized carbons (Fsp3) is 0.128. The van der Waals surface area contributed by atoms with Gasteiger partial charge in [0.25, 0.3) is 0 Å². The van der Waals surface area contributed by atoms with Crippen LogP contribution < -0.4 is 35.3 Å². The molecule has 0 nitrogen and oxygen atoms in total. The zero-order valence-electron chi connectivity index (χ0n) is 24.2. The maximum absolute atomic E-state index is 2.52. The Morgan fingerprint density at radius 3 is 1.93 bits per heavy atom. The molecule has 3 heteroatoms. The van der Waals surface area contributed by atoms with E-state index in [9.17, 15) is 0 Å². The summed E-state index contributed by atoms with van der Waals surface area (Å²) in [6.07, 6.45) is 2.52. The summed E-state index contributed by atoms with van der Waals surface area (Å²) in [4.78, 5) is 0. The summed E-state index contributed by atoms with van der Waals surface area (Å²) in [5, 5.41) is 2.79. The molecule has 0 saturated carbocycles. The molecule has 0 spiro atoms. The van der Waals surface area contributed by atoms with Gasteiger partial charge in [-0.1, -0.05) is 0 Å². The molecule has 205 valence electrons. The predicted octanol–water partition coefficient (Wildman–Crippen LogP) is 2.10. The van der Waals surface area contributed by atoms with Crippen molar-refractivity contribution in [3.63, 3.8) is 0 Å². The van der Waals surface area contributed by atoms with Crippen LogP contribution >= 0.6 is 0 Å². The molecular weight excluding hydrogens is 631 g/mol. The average molecular weight is 662 g/mol. The van der Waals surface area contributed by atoms with Gasteiger partial charge >= 0.3 is 254 Å². The minimum atomic E-state index is 0. The van der Waals surface area contributed by atoms with Gasteiger partial charge in [-0.05, 0) is 0 Å². The Morgan fingerprint density at radius 1 is 0.643 bits per heavy atom. The smallest absolute Gasteiger partial charge is 1.00 e. The van der Waals surface area contributed by atoms with Crippen molar-refractivity contribution in [2.75, 3.05) is 0 Å². The Bertz CT molecular complexity index is 1950. The largest absolute Gasteiger partial charge is 1.00 e. The van der Waals surface area contributed by atoms with Gasteiger partial charge in [0.1, 0.15) is 0 Å². The summed E-state index contributed by atoms with van der Waals surface area (Å²) < 4.78 is 1.48. The maximum Gasteiger partial charge on any atom is -1.00 e. The predicted molar refractivity (Wildman–Crippen MR) is 164 cm³/mol. The quantitative estimate of drug-likeness (QED) is 0.278. The Morgan fingerprint density at radius 2 is 1.29 bits per heavy atom. The van der Waals surface area contributed by atoms with E-state index in [1.807, 2.05) is 0 Å². The fourth-order valence-electron chi connectivity index (χ4n) is 7.00. The van der Waals surface area contributed by atoms with Crippen molar-refractivity contribution in [1.29, 1.82) is 0 Å². The number of benzene rings is 5. The third-order valence-corrected chi connectivity index (χ3v) is 10.1. The Balaban J connectivity index is 0.00000176. The van der Waals surface area contributed by atoms with E-state index in [0.717, 1.165) is 0 Å². The zero-order valence-corrected chi connectivity index (χ0v) is 28.2. The monoisotopic (exact) mass is 659 g/mol. The van der Waals surface area contributed by atoms with Gasteiger partial charge in [0.15, 0.2) is 0 Å². The molecule has 2 aliphatic carbocycles. The first-order valence-corrected chi connectivity index (χ1v) is 15.3. The molecular formula is C39H31Cl2Zr. The third-order valence-electron chi connectivity index (χ3n) is 8.78. The van der Waals surface area contributed by atoms with Crippen LogP contribution in [0, 0.1) is 20.8 Å². The van der Waals surface area contributed by atoms with Gasteiger partial charge in [-0.2, -0.15) is 0 Å². The van der Waals surface area contributed by atoms with E-state index in [1.54, 1.807) is 0 Å². The molecule has 0 aliphatic heterocycles. The van der Waals surface area contributed by atoms with Crippen LogP contribution in [-0.4, -0.2) is 0 Å². The van der Waals surface area contributed by atoms with Crippen molar-refractivity contribution >= 4 is 14.4 Å². The van der Waals surface area contributed by atoms with Gasteiger partial charge in [0.05, 0.1) is 0 Å². The maximum atomic E-state index is 2.52. The molecule has 1 unspecified atom stereocenters. The first-order chi connectivity index (χ1) is 19.4. The summed E-state index contributed by atoms with van der Waals surface area (Å²) in [6, 6.07) is 38.2. The number of hydrogen-bond acceptors (Lipinski definition) is 0. The van der Waals surface area contributed by atoms with Gasteiger partial charge in [-0.25, -0.2) is 0 Å². The summed E-state index contributed by atoms with van der Waals surface area (Å²) in [6.45, 7) is 9.12. The van der Waals surface area contributed by atoms with E-state index >= 15 is 0 Å². The van der Waals surface area contributed by atoms with Crippen LogP contribution in [0.2, 0.25) is 0 Å². The topological polar surface area (TPSA) is 0 Å². The van der Waals surface area contributed by atoms with Crippen LogP contribution in [0.4, 0.5) is 0 Å². The molecule has 42 heavy (non-hydrogen) atoms. The van der Waals surface area contributed by atoms with E-state index in [1.165, 1.54) is 111 Å².